The molecule has 1 fully saturated rings. The number of likely N-dealkylation sites (tertiary alicyclic amines) is 1. The Morgan fingerprint density at radius 2 is 1.54 bits per heavy atom. The minimum absolute atomic E-state index is 0.100. The van der Waals surface area contributed by atoms with Crippen molar-refractivity contribution < 1.29 is 33.4 Å². The maximum atomic E-state index is 11.9. The number of benzene rings is 1. The average Bonchev–Trinajstić information content (AvgIpc) is 3.61. The molecule has 13 heteroatoms. The van der Waals surface area contributed by atoms with Crippen LogP contribution in [0.25, 0.3) is 0 Å². The predicted molar refractivity (Wildman–Crippen MR) is 222 cm³/mol. The van der Waals surface area contributed by atoms with E-state index in [9.17, 15) is 24.0 Å². The van der Waals surface area contributed by atoms with Crippen LogP contribution in [-0.4, -0.2) is 126 Å². The van der Waals surface area contributed by atoms with Crippen molar-refractivity contribution >= 4 is 30.9 Å². The first-order valence-electron chi connectivity index (χ1n) is 19.2. The summed E-state index contributed by atoms with van der Waals surface area (Å²) in [6.07, 6.45) is 7.13. The standard InChI is InChI=1S/C12H21N3O4.C11H25NO.C7H8.C5H13N.C3H5NO2.C3H8/c1-8(12(18)14-6-10(13)17)11(19-2)9-4-3-5-15(9)7-16;1-7-9(3)11(12(4)5)10(8-2)13-6;1-7-5-3-2-4-6-7;1-5(2,3)6-4;5-2-1-4-3-6;1-3-2/h7-9,11H,3-6H2,1-2H3,(H2,13,17)(H,14,18);9-11H,7-8H2,1-6H3;2-6H,1H3;6H,1-4H3;2-3H,1H2,(H,4,6);3H2,1-2H3. The number of carbonyl (C=O) groups excluding carboxylic acids is 5. The number of hydrogen-bond acceptors (Lipinski definition) is 9. The van der Waals surface area contributed by atoms with Gasteiger partial charge in [-0.15, -0.1) is 0 Å². The topological polar surface area (TPSA) is 172 Å². The van der Waals surface area contributed by atoms with Gasteiger partial charge in [0, 0.05) is 32.3 Å². The third-order valence-corrected chi connectivity index (χ3v) is 8.36. The summed E-state index contributed by atoms with van der Waals surface area (Å²) in [4.78, 5) is 56.1. The van der Waals surface area contributed by atoms with Crippen LogP contribution in [-0.2, 0) is 33.4 Å². The number of carbonyl (C=O) groups is 5. The molecule has 1 aliphatic rings. The average molecular weight is 769 g/mol. The van der Waals surface area contributed by atoms with Crippen molar-refractivity contribution in [3.63, 3.8) is 0 Å². The number of likely N-dealkylation sites (N-methyl/N-ethyl adjacent to an activating group) is 1. The minimum Gasteiger partial charge on any atom is -0.380 e. The largest absolute Gasteiger partial charge is 0.380 e. The quantitative estimate of drug-likeness (QED) is 0.139. The highest BCUT2D eigenvalue weighted by atomic mass is 16.5. The summed E-state index contributed by atoms with van der Waals surface area (Å²) in [5.74, 6) is -0.664. The van der Waals surface area contributed by atoms with Crippen molar-refractivity contribution in [1.29, 1.82) is 0 Å². The molecule has 2 rings (SSSR count). The van der Waals surface area contributed by atoms with Crippen LogP contribution >= 0.6 is 0 Å². The molecule has 0 aromatic heterocycles. The maximum absolute atomic E-state index is 11.9. The summed E-state index contributed by atoms with van der Waals surface area (Å²) in [7, 11) is 9.56. The Morgan fingerprint density at radius 1 is 1.00 bits per heavy atom. The van der Waals surface area contributed by atoms with Gasteiger partial charge in [-0.2, -0.15) is 0 Å². The lowest BCUT2D eigenvalue weighted by molar-refractivity contribution is -0.134. The van der Waals surface area contributed by atoms with E-state index < -0.39 is 11.8 Å². The molecule has 0 bridgehead atoms. The fourth-order valence-corrected chi connectivity index (χ4v) is 5.10. The molecule has 1 heterocycles. The molecular weight excluding hydrogens is 688 g/mol. The lowest BCUT2D eigenvalue weighted by Crippen LogP contribution is -2.48. The summed E-state index contributed by atoms with van der Waals surface area (Å²) in [5, 5.41) is 7.71. The smallest absolute Gasteiger partial charge is 0.236 e. The van der Waals surface area contributed by atoms with Gasteiger partial charge in [0.1, 0.15) is 6.29 Å². The Kier molecular flexibility index (Phi) is 38.8. The van der Waals surface area contributed by atoms with Crippen LogP contribution in [0.3, 0.4) is 0 Å². The monoisotopic (exact) mass is 769 g/mol. The molecule has 54 heavy (non-hydrogen) atoms. The number of primary amides is 1. The third kappa shape index (κ3) is 31.0. The predicted octanol–water partition coefficient (Wildman–Crippen LogP) is 4.59. The molecule has 6 atom stereocenters. The second kappa shape index (κ2) is 36.6. The van der Waals surface area contributed by atoms with Crippen molar-refractivity contribution in [3.8, 4) is 0 Å². The number of amides is 4. The molecule has 1 saturated heterocycles. The van der Waals surface area contributed by atoms with Crippen molar-refractivity contribution in [2.75, 3.05) is 55.0 Å². The van der Waals surface area contributed by atoms with Crippen LogP contribution in [0.1, 0.15) is 100.0 Å². The molecular formula is C41H80N6O7. The molecule has 1 aromatic carbocycles. The first kappa shape index (κ1) is 57.3. The molecule has 0 radical (unpaired) electrons. The Balaban J connectivity index is -0.000000308. The Labute approximate surface area is 329 Å². The number of nitrogens with two attached hydrogens (primary N) is 1. The molecule has 1 aromatic rings. The van der Waals surface area contributed by atoms with E-state index in [4.69, 9.17) is 15.2 Å². The molecule has 0 aliphatic carbocycles. The van der Waals surface area contributed by atoms with Crippen LogP contribution in [0.4, 0.5) is 0 Å². The zero-order valence-corrected chi connectivity index (χ0v) is 36.6. The van der Waals surface area contributed by atoms with E-state index >= 15 is 0 Å². The number of aldehydes is 1. The SMILES string of the molecule is CCC.CCC(C)C(C(CC)OC)N(C)C.CNC(C)(C)C.COC(C(C)C(=O)NCC(N)=O)C1CCCN1C=O.Cc1ccccc1.O=CCNC=O. The van der Waals surface area contributed by atoms with Crippen molar-refractivity contribution in [2.45, 2.75) is 131 Å². The van der Waals surface area contributed by atoms with Crippen molar-refractivity contribution in [1.82, 2.24) is 25.8 Å². The zero-order valence-electron chi connectivity index (χ0n) is 36.6. The third-order valence-electron chi connectivity index (χ3n) is 8.36. The molecule has 6 unspecified atom stereocenters. The van der Waals surface area contributed by atoms with Gasteiger partial charge in [-0.25, -0.2) is 0 Å². The highest BCUT2D eigenvalue weighted by Gasteiger charge is 2.37. The molecule has 0 saturated carbocycles. The minimum atomic E-state index is -0.593. The fourth-order valence-electron chi connectivity index (χ4n) is 5.10. The van der Waals surface area contributed by atoms with Crippen LogP contribution in [0.5, 0.6) is 0 Å². The molecule has 5 N–H and O–H groups in total. The van der Waals surface area contributed by atoms with E-state index in [1.807, 2.05) is 32.4 Å². The second-order valence-corrected chi connectivity index (χ2v) is 14.3. The van der Waals surface area contributed by atoms with Crippen LogP contribution in [0.15, 0.2) is 30.3 Å². The fraction of sp³-hybridized carbons (Fsp3) is 0.732. The number of aryl methyl sites for hydroxylation is 1. The first-order valence-corrected chi connectivity index (χ1v) is 19.2. The molecule has 316 valence electrons. The summed E-state index contributed by atoms with van der Waals surface area (Å²) in [6, 6.07) is 10.7. The molecule has 1 aliphatic heterocycles. The normalized spacial score (nSPS) is 15.7. The highest BCUT2D eigenvalue weighted by Crippen LogP contribution is 2.25. The number of hydrogen-bond donors (Lipinski definition) is 4. The number of ether oxygens (including phenoxy) is 2. The van der Waals surface area contributed by atoms with Crippen LogP contribution in [0, 0.1) is 18.8 Å². The van der Waals surface area contributed by atoms with Crippen molar-refractivity contribution in [2.24, 2.45) is 17.6 Å². The van der Waals surface area contributed by atoms with Crippen molar-refractivity contribution in [3.05, 3.63) is 35.9 Å². The van der Waals surface area contributed by atoms with E-state index in [0.717, 1.165) is 25.7 Å². The number of nitrogens with one attached hydrogen (secondary N) is 3. The summed E-state index contributed by atoms with van der Waals surface area (Å²) in [5.41, 5.74) is 6.59. The van der Waals surface area contributed by atoms with E-state index in [1.54, 1.807) is 11.8 Å². The van der Waals surface area contributed by atoms with E-state index in [0.29, 0.717) is 42.8 Å². The lowest BCUT2D eigenvalue weighted by Gasteiger charge is -2.35. The van der Waals surface area contributed by atoms with Gasteiger partial charge in [-0.3, -0.25) is 19.2 Å². The Bertz CT molecular complexity index is 1040. The van der Waals surface area contributed by atoms with Crippen LogP contribution in [0.2, 0.25) is 0 Å². The Morgan fingerprint density at radius 3 is 1.83 bits per heavy atom. The van der Waals surface area contributed by atoms with Gasteiger partial charge in [0.15, 0.2) is 0 Å². The van der Waals surface area contributed by atoms with Gasteiger partial charge in [0.05, 0.1) is 37.3 Å². The first-order chi connectivity index (χ1) is 25.4. The van der Waals surface area contributed by atoms with Gasteiger partial charge in [0.2, 0.25) is 24.6 Å². The van der Waals surface area contributed by atoms with E-state index in [2.05, 4.69) is 109 Å². The second-order valence-electron chi connectivity index (χ2n) is 14.3. The summed E-state index contributed by atoms with van der Waals surface area (Å²) < 4.78 is 10.9. The van der Waals surface area contributed by atoms with Crippen LogP contribution < -0.4 is 21.7 Å². The lowest BCUT2D eigenvalue weighted by atomic mass is 9.92. The summed E-state index contributed by atoms with van der Waals surface area (Å²) >= 11 is 0. The molecule has 13 nitrogen and oxygen atoms in total. The number of nitrogens with zero attached hydrogens (tertiary/aromatic N) is 2. The molecule has 0 spiro atoms. The zero-order chi connectivity index (χ0) is 42.7. The van der Waals surface area contributed by atoms with E-state index in [-0.39, 0.29) is 31.1 Å². The van der Waals surface area contributed by atoms with Gasteiger partial charge in [-0.1, -0.05) is 90.3 Å². The maximum Gasteiger partial charge on any atom is 0.236 e. The highest BCUT2D eigenvalue weighted by molar-refractivity contribution is 5.85. The molecule has 4 amide bonds. The van der Waals surface area contributed by atoms with Gasteiger partial charge >= 0.3 is 0 Å². The number of rotatable bonds is 16. The van der Waals surface area contributed by atoms with Gasteiger partial charge < -0.3 is 45.8 Å². The Hall–Kier alpha value is -3.39. The van der Waals surface area contributed by atoms with Gasteiger partial charge in [-0.05, 0) is 74.0 Å². The summed E-state index contributed by atoms with van der Waals surface area (Å²) in [6.45, 7) is 21.8. The van der Waals surface area contributed by atoms with E-state index in [1.165, 1.54) is 25.5 Å². The van der Waals surface area contributed by atoms with Gasteiger partial charge in [0.25, 0.3) is 0 Å². The number of methoxy groups -OCH3 is 2.